The Kier molecular flexibility index (Phi) is 6.30. The van der Waals surface area contributed by atoms with Gasteiger partial charge in [-0.3, -0.25) is 0 Å². The molecule has 0 fully saturated rings. The monoisotopic (exact) mass is 344 g/mol. The first kappa shape index (κ1) is 17.3. The molecule has 0 saturated carbocycles. The van der Waals surface area contributed by atoms with Gasteiger partial charge in [0.2, 0.25) is 0 Å². The van der Waals surface area contributed by atoms with Crippen molar-refractivity contribution >= 4 is 15.9 Å². The van der Waals surface area contributed by atoms with Crippen LogP contribution < -0.4 is 14.8 Å². The van der Waals surface area contributed by atoms with E-state index in [1.165, 1.54) is 0 Å². The summed E-state index contributed by atoms with van der Waals surface area (Å²) >= 11 is 3.57. The molecular formula is C15H25BrN2O2. The van der Waals surface area contributed by atoms with Crippen molar-refractivity contribution < 1.29 is 9.47 Å². The molecule has 0 unspecified atom stereocenters. The van der Waals surface area contributed by atoms with E-state index < -0.39 is 0 Å². The maximum Gasteiger partial charge on any atom is 0.161 e. The fourth-order valence-electron chi connectivity index (χ4n) is 1.69. The summed E-state index contributed by atoms with van der Waals surface area (Å²) in [7, 11) is 7.47. The predicted octanol–water partition coefficient (Wildman–Crippen LogP) is 2.90. The van der Waals surface area contributed by atoms with Gasteiger partial charge < -0.3 is 19.7 Å². The average Bonchev–Trinajstić information content (AvgIpc) is 2.39. The van der Waals surface area contributed by atoms with E-state index in [-0.39, 0.29) is 5.54 Å². The van der Waals surface area contributed by atoms with E-state index in [0.717, 1.165) is 34.6 Å². The lowest BCUT2D eigenvalue weighted by Crippen LogP contribution is -2.46. The Morgan fingerprint density at radius 3 is 2.20 bits per heavy atom. The maximum absolute atomic E-state index is 5.34. The summed E-state index contributed by atoms with van der Waals surface area (Å²) in [5.41, 5.74) is 1.26. The van der Waals surface area contributed by atoms with Crippen LogP contribution in [0.4, 0.5) is 0 Å². The van der Waals surface area contributed by atoms with Gasteiger partial charge in [-0.1, -0.05) is 15.9 Å². The number of nitrogens with zero attached hydrogens (tertiary/aromatic N) is 1. The van der Waals surface area contributed by atoms with Gasteiger partial charge in [0.05, 0.1) is 14.2 Å². The molecule has 0 atom stereocenters. The third-order valence-electron chi connectivity index (χ3n) is 3.64. The molecule has 4 nitrogen and oxygen atoms in total. The summed E-state index contributed by atoms with van der Waals surface area (Å²) in [6, 6.07) is 3.94. The summed E-state index contributed by atoms with van der Waals surface area (Å²) in [5, 5.41) is 3.48. The fraction of sp³-hybridized carbons (Fsp3) is 0.600. The zero-order valence-corrected chi connectivity index (χ0v) is 14.8. The van der Waals surface area contributed by atoms with E-state index in [2.05, 4.69) is 54.1 Å². The lowest BCUT2D eigenvalue weighted by Gasteiger charge is -2.32. The van der Waals surface area contributed by atoms with E-state index in [9.17, 15) is 0 Å². The van der Waals surface area contributed by atoms with Gasteiger partial charge in [-0.15, -0.1) is 0 Å². The topological polar surface area (TPSA) is 33.7 Å². The van der Waals surface area contributed by atoms with Gasteiger partial charge in [0, 0.05) is 23.1 Å². The van der Waals surface area contributed by atoms with Crippen molar-refractivity contribution in [2.24, 2.45) is 0 Å². The van der Waals surface area contributed by atoms with Gasteiger partial charge in [0.15, 0.2) is 11.5 Å². The summed E-state index contributed by atoms with van der Waals surface area (Å²) in [6.07, 6.45) is 0. The molecule has 0 bridgehead atoms. The molecule has 114 valence electrons. The molecule has 0 aromatic heterocycles. The van der Waals surface area contributed by atoms with Crippen LogP contribution >= 0.6 is 15.9 Å². The first-order valence-electron chi connectivity index (χ1n) is 6.60. The van der Waals surface area contributed by atoms with Gasteiger partial charge in [-0.05, 0) is 45.6 Å². The Hall–Kier alpha value is -0.780. The zero-order chi connectivity index (χ0) is 15.3. The van der Waals surface area contributed by atoms with Crippen molar-refractivity contribution in [1.29, 1.82) is 0 Å². The van der Waals surface area contributed by atoms with Crippen molar-refractivity contribution in [2.75, 3.05) is 34.9 Å². The van der Waals surface area contributed by atoms with Crippen LogP contribution in [0.25, 0.3) is 0 Å². The normalized spacial score (nSPS) is 11.8. The second kappa shape index (κ2) is 7.29. The Morgan fingerprint density at radius 2 is 1.70 bits per heavy atom. The summed E-state index contributed by atoms with van der Waals surface area (Å²) in [5.74, 6) is 1.48. The van der Waals surface area contributed by atoms with Crippen molar-refractivity contribution in [3.05, 3.63) is 22.2 Å². The van der Waals surface area contributed by atoms with Crippen molar-refractivity contribution in [3.8, 4) is 11.5 Å². The molecule has 0 amide bonds. The first-order valence-corrected chi connectivity index (χ1v) is 7.39. The number of methoxy groups -OCH3 is 2. The van der Waals surface area contributed by atoms with E-state index in [0.29, 0.717) is 0 Å². The van der Waals surface area contributed by atoms with Gasteiger partial charge >= 0.3 is 0 Å². The van der Waals surface area contributed by atoms with Crippen LogP contribution in [0.1, 0.15) is 19.4 Å². The highest BCUT2D eigenvalue weighted by Gasteiger charge is 2.19. The van der Waals surface area contributed by atoms with Crippen LogP contribution in [0, 0.1) is 0 Å². The van der Waals surface area contributed by atoms with Crippen molar-refractivity contribution in [1.82, 2.24) is 10.2 Å². The highest BCUT2D eigenvalue weighted by Crippen LogP contribution is 2.33. The summed E-state index contributed by atoms with van der Waals surface area (Å²) in [4.78, 5) is 2.21. The Labute approximate surface area is 130 Å². The zero-order valence-electron chi connectivity index (χ0n) is 13.2. The molecule has 1 N–H and O–H groups in total. The highest BCUT2D eigenvalue weighted by molar-refractivity contribution is 9.10. The van der Waals surface area contributed by atoms with Crippen molar-refractivity contribution in [3.63, 3.8) is 0 Å². The lowest BCUT2D eigenvalue weighted by atomic mass is 10.0. The summed E-state index contributed by atoms with van der Waals surface area (Å²) in [6.45, 7) is 6.10. The summed E-state index contributed by atoms with van der Waals surface area (Å²) < 4.78 is 11.6. The molecule has 0 aliphatic rings. The molecule has 0 saturated heterocycles. The molecule has 1 aromatic carbocycles. The number of rotatable bonds is 7. The maximum atomic E-state index is 5.34. The molecule has 0 spiro atoms. The van der Waals surface area contributed by atoms with Gasteiger partial charge in [0.1, 0.15) is 0 Å². The van der Waals surface area contributed by atoms with Crippen LogP contribution in [0.3, 0.4) is 0 Å². The molecule has 0 aliphatic carbocycles. The van der Waals surface area contributed by atoms with Crippen LogP contribution in [0.15, 0.2) is 16.6 Å². The van der Waals surface area contributed by atoms with Crippen LogP contribution in [0.5, 0.6) is 11.5 Å². The van der Waals surface area contributed by atoms with Gasteiger partial charge in [-0.25, -0.2) is 0 Å². The third-order valence-corrected chi connectivity index (χ3v) is 4.37. The molecule has 20 heavy (non-hydrogen) atoms. The highest BCUT2D eigenvalue weighted by atomic mass is 79.9. The van der Waals surface area contributed by atoms with Crippen LogP contribution in [0.2, 0.25) is 0 Å². The quantitative estimate of drug-likeness (QED) is 0.824. The standard InChI is InChI=1S/C15H25BrN2O2/c1-15(2,18(3)4)10-17-9-11-7-13(19-5)14(20-6)8-12(11)16/h7-8,17H,9-10H2,1-6H3. The largest absolute Gasteiger partial charge is 0.493 e. The molecular weight excluding hydrogens is 320 g/mol. The van der Waals surface area contributed by atoms with E-state index in [1.54, 1.807) is 14.2 Å². The number of halogens is 1. The third kappa shape index (κ3) is 4.36. The minimum atomic E-state index is 0.114. The minimum absolute atomic E-state index is 0.114. The van der Waals surface area contributed by atoms with Crippen molar-refractivity contribution in [2.45, 2.75) is 25.9 Å². The molecule has 0 heterocycles. The molecule has 1 aromatic rings. The smallest absolute Gasteiger partial charge is 0.161 e. The minimum Gasteiger partial charge on any atom is -0.493 e. The average molecular weight is 345 g/mol. The van der Waals surface area contributed by atoms with E-state index >= 15 is 0 Å². The Bertz CT molecular complexity index is 448. The SMILES string of the molecule is COc1cc(Br)c(CNCC(C)(C)N(C)C)cc1OC. The number of ether oxygens (including phenoxy) is 2. The number of hydrogen-bond donors (Lipinski definition) is 1. The van der Waals surface area contributed by atoms with Crippen LogP contribution in [-0.4, -0.2) is 45.3 Å². The molecule has 5 heteroatoms. The fourth-order valence-corrected chi connectivity index (χ4v) is 2.16. The number of hydrogen-bond acceptors (Lipinski definition) is 4. The van der Waals surface area contributed by atoms with Crippen LogP contribution in [-0.2, 0) is 6.54 Å². The molecule has 1 rings (SSSR count). The number of nitrogens with one attached hydrogen (secondary N) is 1. The van der Waals surface area contributed by atoms with Gasteiger partial charge in [-0.2, -0.15) is 0 Å². The second-order valence-corrected chi connectivity index (χ2v) is 6.46. The predicted molar refractivity (Wildman–Crippen MR) is 86.7 cm³/mol. The lowest BCUT2D eigenvalue weighted by molar-refractivity contribution is 0.189. The first-order chi connectivity index (χ1) is 9.31. The van der Waals surface area contributed by atoms with E-state index in [1.807, 2.05) is 12.1 Å². The Morgan fingerprint density at radius 1 is 1.15 bits per heavy atom. The number of benzene rings is 1. The molecule has 0 aliphatic heterocycles. The van der Waals surface area contributed by atoms with Gasteiger partial charge in [0.25, 0.3) is 0 Å². The molecule has 0 radical (unpaired) electrons. The Balaban J connectivity index is 2.74. The number of likely N-dealkylation sites (N-methyl/N-ethyl adjacent to an activating group) is 1. The second-order valence-electron chi connectivity index (χ2n) is 5.61. The van der Waals surface area contributed by atoms with E-state index in [4.69, 9.17) is 9.47 Å².